The van der Waals surface area contributed by atoms with Crippen LogP contribution in [0.15, 0.2) is 53.5 Å². The van der Waals surface area contributed by atoms with Crippen molar-refractivity contribution in [3.63, 3.8) is 0 Å². The van der Waals surface area contributed by atoms with E-state index in [0.717, 1.165) is 29.9 Å². The molecule has 28 heavy (non-hydrogen) atoms. The number of para-hydroxylation sites is 1. The van der Waals surface area contributed by atoms with E-state index in [0.29, 0.717) is 18.1 Å². The summed E-state index contributed by atoms with van der Waals surface area (Å²) in [7, 11) is 1.65. The molecule has 1 aliphatic rings. The largest absolute Gasteiger partial charge is 0.493 e. The van der Waals surface area contributed by atoms with Crippen molar-refractivity contribution < 1.29 is 17.9 Å². The van der Waals surface area contributed by atoms with Gasteiger partial charge in [-0.3, -0.25) is 4.99 Å². The molecule has 2 aromatic carbocycles. The molecule has 4 nitrogen and oxygen atoms in total. The van der Waals surface area contributed by atoms with Crippen molar-refractivity contribution in [3.05, 3.63) is 65.2 Å². The summed E-state index contributed by atoms with van der Waals surface area (Å²) in [6.07, 6.45) is -3.57. The standard InChI is InChI=1S/C21H20F3N3O/c1-25-20(27-18-11-13-28-19-10-3-2-9-17(18)19)26-12-5-7-15-6-4-8-16(14-15)21(22,23)24/h2-4,6,8-10,14,18H,11-13H2,1H3,(H2,25,26,27). The molecule has 0 saturated heterocycles. The first-order valence-electron chi connectivity index (χ1n) is 8.82. The molecule has 0 bridgehead atoms. The zero-order valence-corrected chi connectivity index (χ0v) is 15.3. The average molecular weight is 387 g/mol. The highest BCUT2D eigenvalue weighted by molar-refractivity contribution is 5.80. The highest BCUT2D eigenvalue weighted by Gasteiger charge is 2.30. The first kappa shape index (κ1) is 19.6. The first-order chi connectivity index (χ1) is 13.5. The van der Waals surface area contributed by atoms with Crippen LogP contribution in [0.5, 0.6) is 5.75 Å². The van der Waals surface area contributed by atoms with Crippen LogP contribution < -0.4 is 15.4 Å². The number of hydrogen-bond donors (Lipinski definition) is 2. The maximum atomic E-state index is 12.7. The molecular weight excluding hydrogens is 367 g/mol. The van der Waals surface area contributed by atoms with Gasteiger partial charge in [-0.15, -0.1) is 0 Å². The van der Waals surface area contributed by atoms with Crippen molar-refractivity contribution >= 4 is 5.96 Å². The summed E-state index contributed by atoms with van der Waals surface area (Å²) in [6.45, 7) is 0.863. The Balaban J connectivity index is 1.59. The van der Waals surface area contributed by atoms with E-state index >= 15 is 0 Å². The Morgan fingerprint density at radius 1 is 1.21 bits per heavy atom. The van der Waals surface area contributed by atoms with Crippen molar-refractivity contribution in [2.75, 3.05) is 20.2 Å². The molecular formula is C21H20F3N3O. The van der Waals surface area contributed by atoms with E-state index in [1.165, 1.54) is 6.07 Å². The zero-order valence-electron chi connectivity index (χ0n) is 15.3. The van der Waals surface area contributed by atoms with Crippen LogP contribution in [0.2, 0.25) is 0 Å². The molecule has 0 spiro atoms. The predicted molar refractivity (Wildman–Crippen MR) is 102 cm³/mol. The second-order valence-electron chi connectivity index (χ2n) is 6.18. The Morgan fingerprint density at radius 3 is 2.82 bits per heavy atom. The van der Waals surface area contributed by atoms with Gasteiger partial charge in [0.25, 0.3) is 0 Å². The number of rotatable bonds is 2. The summed E-state index contributed by atoms with van der Waals surface area (Å²) < 4.78 is 43.9. The second-order valence-corrected chi connectivity index (χ2v) is 6.18. The number of guanidine groups is 1. The summed E-state index contributed by atoms with van der Waals surface area (Å²) in [6, 6.07) is 12.9. The molecule has 0 fully saturated rings. The van der Waals surface area contributed by atoms with E-state index in [-0.39, 0.29) is 12.6 Å². The van der Waals surface area contributed by atoms with Gasteiger partial charge in [-0.1, -0.05) is 36.1 Å². The van der Waals surface area contributed by atoms with Gasteiger partial charge in [0.2, 0.25) is 0 Å². The highest BCUT2D eigenvalue weighted by atomic mass is 19.4. The number of aliphatic imine (C=N–C) groups is 1. The molecule has 1 unspecified atom stereocenters. The summed E-state index contributed by atoms with van der Waals surface area (Å²) in [5, 5.41) is 6.40. The topological polar surface area (TPSA) is 45.7 Å². The second kappa shape index (κ2) is 8.70. The minimum absolute atomic E-state index is 0.0626. The van der Waals surface area contributed by atoms with E-state index in [4.69, 9.17) is 4.74 Å². The molecule has 0 saturated carbocycles. The maximum Gasteiger partial charge on any atom is 0.416 e. The Labute approximate surface area is 161 Å². The van der Waals surface area contributed by atoms with Crippen molar-refractivity contribution in [1.29, 1.82) is 0 Å². The monoisotopic (exact) mass is 387 g/mol. The predicted octanol–water partition coefficient (Wildman–Crippen LogP) is 3.75. The summed E-state index contributed by atoms with van der Waals surface area (Å²) in [5.74, 6) is 6.99. The third-order valence-electron chi connectivity index (χ3n) is 4.26. The van der Waals surface area contributed by atoms with Gasteiger partial charge < -0.3 is 15.4 Å². The maximum absolute atomic E-state index is 12.7. The van der Waals surface area contributed by atoms with E-state index in [1.807, 2.05) is 24.3 Å². The normalized spacial score (nSPS) is 16.3. The molecule has 0 aliphatic carbocycles. The van der Waals surface area contributed by atoms with Crippen molar-refractivity contribution in [1.82, 2.24) is 10.6 Å². The first-order valence-corrected chi connectivity index (χ1v) is 8.82. The van der Waals surface area contributed by atoms with E-state index in [2.05, 4.69) is 27.5 Å². The quantitative estimate of drug-likeness (QED) is 0.469. The third-order valence-corrected chi connectivity index (χ3v) is 4.26. The van der Waals surface area contributed by atoms with Crippen LogP contribution in [0.3, 0.4) is 0 Å². The number of hydrogen-bond acceptors (Lipinski definition) is 2. The molecule has 1 aliphatic heterocycles. The molecule has 0 amide bonds. The Bertz CT molecular complexity index is 913. The SMILES string of the molecule is CN=C(NCC#Cc1cccc(C(F)(F)F)c1)NC1CCOc2ccccc21. The summed E-state index contributed by atoms with van der Waals surface area (Å²) in [4.78, 5) is 4.18. The van der Waals surface area contributed by atoms with Gasteiger partial charge in [0.15, 0.2) is 5.96 Å². The Hall–Kier alpha value is -3.14. The molecule has 2 aromatic rings. The minimum Gasteiger partial charge on any atom is -0.493 e. The van der Waals surface area contributed by atoms with Gasteiger partial charge in [0.05, 0.1) is 24.8 Å². The van der Waals surface area contributed by atoms with Crippen LogP contribution in [-0.2, 0) is 6.18 Å². The van der Waals surface area contributed by atoms with Gasteiger partial charge >= 0.3 is 6.18 Å². The number of ether oxygens (including phenoxy) is 1. The Morgan fingerprint density at radius 2 is 2.04 bits per heavy atom. The third kappa shape index (κ3) is 4.97. The lowest BCUT2D eigenvalue weighted by atomic mass is 10.0. The van der Waals surface area contributed by atoms with Crippen molar-refractivity contribution in [2.45, 2.75) is 18.6 Å². The zero-order chi connectivity index (χ0) is 20.0. The summed E-state index contributed by atoms with van der Waals surface area (Å²) >= 11 is 0. The fourth-order valence-electron chi connectivity index (χ4n) is 2.90. The minimum atomic E-state index is -4.37. The highest BCUT2D eigenvalue weighted by Crippen LogP contribution is 2.31. The number of fused-ring (bicyclic) bond motifs is 1. The van der Waals surface area contributed by atoms with Crippen molar-refractivity contribution in [3.8, 4) is 17.6 Å². The van der Waals surface area contributed by atoms with E-state index in [1.54, 1.807) is 13.1 Å². The van der Waals surface area contributed by atoms with Gasteiger partial charge in [-0.2, -0.15) is 13.2 Å². The molecule has 0 aromatic heterocycles. The Kier molecular flexibility index (Phi) is 6.09. The molecule has 2 N–H and O–H groups in total. The van der Waals surface area contributed by atoms with Gasteiger partial charge in [-0.05, 0) is 24.3 Å². The van der Waals surface area contributed by atoms with Gasteiger partial charge in [0.1, 0.15) is 5.75 Å². The van der Waals surface area contributed by atoms with Crippen LogP contribution >= 0.6 is 0 Å². The van der Waals surface area contributed by atoms with E-state index < -0.39 is 11.7 Å². The fourth-order valence-corrected chi connectivity index (χ4v) is 2.90. The van der Waals surface area contributed by atoms with Crippen LogP contribution in [0, 0.1) is 11.8 Å². The van der Waals surface area contributed by atoms with Crippen LogP contribution in [-0.4, -0.2) is 26.2 Å². The number of nitrogens with zero attached hydrogens (tertiary/aromatic N) is 1. The lowest BCUT2D eigenvalue weighted by molar-refractivity contribution is -0.137. The summed E-state index contributed by atoms with van der Waals surface area (Å²) in [5.41, 5.74) is 0.674. The number of benzene rings is 2. The van der Waals surface area contributed by atoms with Gasteiger partial charge in [-0.25, -0.2) is 0 Å². The lowest BCUT2D eigenvalue weighted by Gasteiger charge is -2.27. The molecule has 146 valence electrons. The molecule has 3 rings (SSSR count). The smallest absolute Gasteiger partial charge is 0.416 e. The number of nitrogens with one attached hydrogen (secondary N) is 2. The van der Waals surface area contributed by atoms with Crippen LogP contribution in [0.25, 0.3) is 0 Å². The molecule has 1 heterocycles. The number of halogens is 3. The number of alkyl halides is 3. The van der Waals surface area contributed by atoms with Gasteiger partial charge in [0, 0.05) is 24.6 Å². The van der Waals surface area contributed by atoms with Crippen LogP contribution in [0.1, 0.15) is 29.2 Å². The van der Waals surface area contributed by atoms with Crippen molar-refractivity contribution in [2.24, 2.45) is 4.99 Å². The molecule has 7 heteroatoms. The lowest BCUT2D eigenvalue weighted by Crippen LogP contribution is -2.41. The fraction of sp³-hybridized carbons (Fsp3) is 0.286. The molecule has 0 radical (unpaired) electrons. The molecule has 1 atom stereocenters. The average Bonchev–Trinajstić information content (AvgIpc) is 2.70. The van der Waals surface area contributed by atoms with E-state index in [9.17, 15) is 13.2 Å². The van der Waals surface area contributed by atoms with Crippen LogP contribution in [0.4, 0.5) is 13.2 Å².